The summed E-state index contributed by atoms with van der Waals surface area (Å²) in [5, 5.41) is 0. The first-order valence-electron chi connectivity index (χ1n) is 7.58. The van der Waals surface area contributed by atoms with E-state index in [0.717, 1.165) is 11.3 Å². The van der Waals surface area contributed by atoms with Crippen LogP contribution in [0.15, 0.2) is 12.1 Å². The van der Waals surface area contributed by atoms with Crippen molar-refractivity contribution in [1.29, 1.82) is 0 Å². The molecule has 120 valence electrons. The zero-order valence-corrected chi connectivity index (χ0v) is 15.1. The van der Waals surface area contributed by atoms with Gasteiger partial charge >= 0.3 is 8.80 Å². The van der Waals surface area contributed by atoms with E-state index in [1.54, 1.807) is 7.11 Å². The first-order chi connectivity index (χ1) is 10.0. The molecule has 0 unspecified atom stereocenters. The average molecular weight is 312 g/mol. The number of ether oxygens (including phenoxy) is 1. The predicted octanol–water partition coefficient (Wildman–Crippen LogP) is 3.44. The summed E-state index contributed by atoms with van der Waals surface area (Å²) in [6.07, 6.45) is 0. The van der Waals surface area contributed by atoms with Gasteiger partial charge in [0, 0.05) is 25.9 Å². The van der Waals surface area contributed by atoms with Crippen LogP contribution >= 0.6 is 0 Å². The lowest BCUT2D eigenvalue weighted by Crippen LogP contribution is -2.48. The third-order valence-electron chi connectivity index (χ3n) is 3.57. The molecule has 0 N–H and O–H groups in total. The number of benzene rings is 1. The summed E-state index contributed by atoms with van der Waals surface area (Å²) in [6.45, 7) is 11.9. The van der Waals surface area contributed by atoms with Crippen LogP contribution in [0.25, 0.3) is 0 Å². The van der Waals surface area contributed by atoms with Gasteiger partial charge in [0.15, 0.2) is 0 Å². The number of rotatable bonds is 9. The van der Waals surface area contributed by atoms with Gasteiger partial charge in [-0.15, -0.1) is 0 Å². The molecule has 0 radical (unpaired) electrons. The minimum absolute atomic E-state index is 0.598. The Labute approximate surface area is 129 Å². The Hall–Kier alpha value is -0.883. The van der Waals surface area contributed by atoms with Crippen LogP contribution in [-0.2, 0) is 19.3 Å². The van der Waals surface area contributed by atoms with Gasteiger partial charge in [0.05, 0.1) is 7.11 Å². The van der Waals surface area contributed by atoms with Crippen LogP contribution in [0.1, 0.15) is 37.5 Å². The molecule has 0 aliphatic rings. The standard InChI is InChI=1S/C16H28O4Si/c1-7-18-21(19-8-2,20-9-3)12-15-10-11-16(17-6)14(5)13(15)4/h10-11H,7-9,12H2,1-6H3. The zero-order valence-electron chi connectivity index (χ0n) is 14.1. The quantitative estimate of drug-likeness (QED) is 0.655. The fourth-order valence-corrected chi connectivity index (χ4v) is 5.16. The summed E-state index contributed by atoms with van der Waals surface area (Å²) in [4.78, 5) is 0. The Morgan fingerprint density at radius 1 is 0.857 bits per heavy atom. The van der Waals surface area contributed by atoms with Gasteiger partial charge in [0.2, 0.25) is 0 Å². The largest absolute Gasteiger partial charge is 0.505 e. The summed E-state index contributed by atoms with van der Waals surface area (Å²) in [5.74, 6) is 0.910. The van der Waals surface area contributed by atoms with Gasteiger partial charge in [-0.05, 0) is 57.4 Å². The Bertz CT molecular complexity index is 431. The van der Waals surface area contributed by atoms with Crippen LogP contribution in [0.4, 0.5) is 0 Å². The van der Waals surface area contributed by atoms with Crippen LogP contribution in [0, 0.1) is 13.8 Å². The summed E-state index contributed by atoms with van der Waals surface area (Å²) in [6, 6.07) is 4.78. The molecule has 0 atom stereocenters. The van der Waals surface area contributed by atoms with Crippen LogP contribution in [0.2, 0.25) is 0 Å². The Morgan fingerprint density at radius 2 is 1.38 bits per heavy atom. The molecule has 5 heteroatoms. The van der Waals surface area contributed by atoms with Gasteiger partial charge < -0.3 is 18.0 Å². The van der Waals surface area contributed by atoms with Crippen molar-refractivity contribution in [2.45, 2.75) is 40.7 Å². The van der Waals surface area contributed by atoms with E-state index in [1.807, 2.05) is 26.8 Å². The second-order valence-corrected chi connectivity index (χ2v) is 7.42. The topological polar surface area (TPSA) is 36.9 Å². The van der Waals surface area contributed by atoms with Crippen molar-refractivity contribution in [3.63, 3.8) is 0 Å². The fourth-order valence-electron chi connectivity index (χ4n) is 2.44. The van der Waals surface area contributed by atoms with Crippen molar-refractivity contribution < 1.29 is 18.0 Å². The second kappa shape index (κ2) is 8.53. The van der Waals surface area contributed by atoms with Gasteiger partial charge in [-0.25, -0.2) is 0 Å². The van der Waals surface area contributed by atoms with E-state index in [1.165, 1.54) is 11.1 Å². The minimum Gasteiger partial charge on any atom is -0.496 e. The molecule has 0 bridgehead atoms. The number of hydrogen-bond acceptors (Lipinski definition) is 4. The first kappa shape index (κ1) is 18.2. The molecule has 0 aromatic heterocycles. The van der Waals surface area contributed by atoms with E-state index in [-0.39, 0.29) is 0 Å². The van der Waals surface area contributed by atoms with Crippen molar-refractivity contribution in [3.05, 3.63) is 28.8 Å². The highest BCUT2D eigenvalue weighted by Gasteiger charge is 2.41. The van der Waals surface area contributed by atoms with E-state index in [2.05, 4.69) is 19.9 Å². The molecule has 0 heterocycles. The third kappa shape index (κ3) is 4.54. The van der Waals surface area contributed by atoms with E-state index in [9.17, 15) is 0 Å². The summed E-state index contributed by atoms with van der Waals surface area (Å²) >= 11 is 0. The van der Waals surface area contributed by atoms with Gasteiger partial charge in [0.1, 0.15) is 5.75 Å². The molecule has 4 nitrogen and oxygen atoms in total. The number of hydrogen-bond donors (Lipinski definition) is 0. The second-order valence-electron chi connectivity index (χ2n) is 4.84. The van der Waals surface area contributed by atoms with E-state index in [0.29, 0.717) is 25.9 Å². The molecule has 0 saturated heterocycles. The lowest BCUT2D eigenvalue weighted by atomic mass is 10.0. The van der Waals surface area contributed by atoms with Crippen molar-refractivity contribution in [2.24, 2.45) is 0 Å². The molecule has 0 aliphatic heterocycles. The van der Waals surface area contributed by atoms with Crippen molar-refractivity contribution in [1.82, 2.24) is 0 Å². The molecule has 0 spiro atoms. The highest BCUT2D eigenvalue weighted by Crippen LogP contribution is 2.27. The van der Waals surface area contributed by atoms with Crippen LogP contribution in [0.5, 0.6) is 5.75 Å². The molecule has 0 saturated carbocycles. The van der Waals surface area contributed by atoms with Gasteiger partial charge in [-0.3, -0.25) is 0 Å². The maximum Gasteiger partial charge on any atom is 0.505 e. The maximum absolute atomic E-state index is 5.93. The van der Waals surface area contributed by atoms with Crippen LogP contribution < -0.4 is 4.74 Å². The van der Waals surface area contributed by atoms with E-state index < -0.39 is 8.80 Å². The summed E-state index contributed by atoms with van der Waals surface area (Å²) < 4.78 is 23.2. The van der Waals surface area contributed by atoms with E-state index >= 15 is 0 Å². The third-order valence-corrected chi connectivity index (χ3v) is 6.57. The molecule has 1 aromatic rings. The molecular weight excluding hydrogens is 284 g/mol. The average Bonchev–Trinajstić information content (AvgIpc) is 2.45. The normalized spacial score (nSPS) is 11.7. The Balaban J connectivity index is 3.10. The monoisotopic (exact) mass is 312 g/mol. The van der Waals surface area contributed by atoms with E-state index in [4.69, 9.17) is 18.0 Å². The fraction of sp³-hybridized carbons (Fsp3) is 0.625. The molecular formula is C16H28O4Si. The first-order valence-corrected chi connectivity index (χ1v) is 9.51. The van der Waals surface area contributed by atoms with Crippen LogP contribution in [-0.4, -0.2) is 35.7 Å². The zero-order chi connectivity index (χ0) is 15.9. The SMILES string of the molecule is CCO[Si](Cc1ccc(OC)c(C)c1C)(OCC)OCC. The maximum atomic E-state index is 5.93. The highest BCUT2D eigenvalue weighted by molar-refractivity contribution is 6.60. The van der Waals surface area contributed by atoms with Crippen molar-refractivity contribution in [2.75, 3.05) is 26.9 Å². The molecule has 1 rings (SSSR count). The molecule has 0 amide bonds. The summed E-state index contributed by atoms with van der Waals surface area (Å²) in [7, 11) is -0.964. The van der Waals surface area contributed by atoms with Crippen molar-refractivity contribution >= 4 is 8.80 Å². The molecule has 0 aliphatic carbocycles. The van der Waals surface area contributed by atoms with Crippen LogP contribution in [0.3, 0.4) is 0 Å². The molecule has 1 aromatic carbocycles. The lowest BCUT2D eigenvalue weighted by Gasteiger charge is -2.29. The predicted molar refractivity (Wildman–Crippen MR) is 86.8 cm³/mol. The van der Waals surface area contributed by atoms with Gasteiger partial charge in [0.25, 0.3) is 0 Å². The van der Waals surface area contributed by atoms with Crippen molar-refractivity contribution in [3.8, 4) is 5.75 Å². The lowest BCUT2D eigenvalue weighted by molar-refractivity contribution is 0.0703. The Kier molecular flexibility index (Phi) is 7.38. The minimum atomic E-state index is -2.66. The van der Waals surface area contributed by atoms with Gasteiger partial charge in [-0.2, -0.15) is 0 Å². The Morgan fingerprint density at radius 3 is 1.81 bits per heavy atom. The highest BCUT2D eigenvalue weighted by atomic mass is 28.4. The summed E-state index contributed by atoms with van der Waals surface area (Å²) in [5.41, 5.74) is 3.57. The van der Waals surface area contributed by atoms with Gasteiger partial charge in [-0.1, -0.05) is 6.07 Å². The smallest absolute Gasteiger partial charge is 0.496 e. The number of methoxy groups -OCH3 is 1. The molecule has 0 fully saturated rings. The molecule has 21 heavy (non-hydrogen) atoms.